The Morgan fingerprint density at radius 1 is 1.53 bits per heavy atom. The van der Waals surface area contributed by atoms with Crippen LogP contribution in [0.3, 0.4) is 0 Å². The second-order valence-electron chi connectivity index (χ2n) is 5.14. The van der Waals surface area contributed by atoms with Gasteiger partial charge in [-0.1, -0.05) is 6.92 Å². The van der Waals surface area contributed by atoms with Gasteiger partial charge in [0, 0.05) is 12.3 Å². The van der Waals surface area contributed by atoms with Gasteiger partial charge < -0.3 is 10.6 Å². The fraction of sp³-hybridized carbons (Fsp3) is 0.909. The van der Waals surface area contributed by atoms with Crippen LogP contribution < -0.4 is 10.6 Å². The summed E-state index contributed by atoms with van der Waals surface area (Å²) in [7, 11) is -3.05. The Hall–Kier alpha value is -0.620. The van der Waals surface area contributed by atoms with Crippen LogP contribution in [0.2, 0.25) is 0 Å². The number of hydrogen-bond acceptors (Lipinski definition) is 4. The lowest BCUT2D eigenvalue weighted by atomic mass is 9.94. The lowest BCUT2D eigenvalue weighted by Crippen LogP contribution is -2.51. The molecule has 1 heterocycles. The summed E-state index contributed by atoms with van der Waals surface area (Å²) in [5, 5.41) is 5.90. The fourth-order valence-corrected chi connectivity index (χ4v) is 3.14. The molecule has 0 aromatic heterocycles. The molecule has 3 unspecified atom stereocenters. The minimum absolute atomic E-state index is 0.0129. The van der Waals surface area contributed by atoms with Gasteiger partial charge in [0.2, 0.25) is 5.91 Å². The highest BCUT2D eigenvalue weighted by Gasteiger charge is 2.25. The summed E-state index contributed by atoms with van der Waals surface area (Å²) in [5.41, 5.74) is 0. The second kappa shape index (κ2) is 5.82. The summed E-state index contributed by atoms with van der Waals surface area (Å²) in [4.78, 5) is 11.9. The highest BCUT2D eigenvalue weighted by atomic mass is 32.2. The average Bonchev–Trinajstić information content (AvgIpc) is 2.14. The second-order valence-corrected chi connectivity index (χ2v) is 7.32. The first kappa shape index (κ1) is 14.4. The predicted octanol–water partition coefficient (Wildman–Crippen LogP) is -0.0762. The smallest absolute Gasteiger partial charge is 0.237 e. The van der Waals surface area contributed by atoms with Crippen molar-refractivity contribution in [1.82, 2.24) is 10.6 Å². The molecular weight excluding hydrogens is 240 g/mol. The molecule has 0 radical (unpaired) electrons. The maximum absolute atomic E-state index is 11.9. The summed E-state index contributed by atoms with van der Waals surface area (Å²) >= 11 is 0. The van der Waals surface area contributed by atoms with Gasteiger partial charge in [0.05, 0.1) is 11.8 Å². The van der Waals surface area contributed by atoms with Gasteiger partial charge in [-0.15, -0.1) is 0 Å². The van der Waals surface area contributed by atoms with Crippen LogP contribution in [-0.4, -0.2) is 45.0 Å². The summed E-state index contributed by atoms with van der Waals surface area (Å²) < 4.78 is 22.2. The normalized spacial score (nSPS) is 27.5. The average molecular weight is 262 g/mol. The van der Waals surface area contributed by atoms with Gasteiger partial charge in [-0.05, 0) is 32.2 Å². The van der Waals surface area contributed by atoms with Crippen molar-refractivity contribution in [3.05, 3.63) is 0 Å². The third-order valence-corrected chi connectivity index (χ3v) is 4.03. The quantitative estimate of drug-likeness (QED) is 0.743. The lowest BCUT2D eigenvalue weighted by molar-refractivity contribution is -0.124. The summed E-state index contributed by atoms with van der Waals surface area (Å²) in [6.45, 7) is 4.69. The standard InChI is InChI=1S/C11H22N2O3S/c1-8-4-5-12-10(6-8)11(14)13-9(2)7-17(3,15)16/h8-10,12H,4-7H2,1-3H3,(H,13,14). The zero-order valence-corrected chi connectivity index (χ0v) is 11.5. The van der Waals surface area contributed by atoms with Crippen LogP contribution in [0.25, 0.3) is 0 Å². The zero-order chi connectivity index (χ0) is 13.1. The topological polar surface area (TPSA) is 75.3 Å². The number of amides is 1. The molecule has 100 valence electrons. The maximum atomic E-state index is 11.9. The third kappa shape index (κ3) is 5.50. The molecule has 1 saturated heterocycles. The molecule has 0 aromatic rings. The number of carbonyl (C=O) groups excluding carboxylic acids is 1. The molecule has 2 N–H and O–H groups in total. The Morgan fingerprint density at radius 2 is 2.18 bits per heavy atom. The zero-order valence-electron chi connectivity index (χ0n) is 10.7. The van der Waals surface area contributed by atoms with E-state index in [0.717, 1.165) is 19.4 Å². The van der Waals surface area contributed by atoms with Crippen LogP contribution >= 0.6 is 0 Å². The Labute approximate surface area is 103 Å². The molecule has 1 amide bonds. The monoisotopic (exact) mass is 262 g/mol. The van der Waals surface area contributed by atoms with E-state index in [9.17, 15) is 13.2 Å². The molecule has 0 bridgehead atoms. The predicted molar refractivity (Wildman–Crippen MR) is 67.5 cm³/mol. The van der Waals surface area contributed by atoms with E-state index in [-0.39, 0.29) is 23.7 Å². The molecule has 1 fully saturated rings. The molecule has 17 heavy (non-hydrogen) atoms. The van der Waals surface area contributed by atoms with Crippen LogP contribution in [0.5, 0.6) is 0 Å². The molecule has 0 saturated carbocycles. The molecule has 0 aromatic carbocycles. The third-order valence-electron chi connectivity index (χ3n) is 2.92. The van der Waals surface area contributed by atoms with Crippen LogP contribution in [0.15, 0.2) is 0 Å². The van der Waals surface area contributed by atoms with E-state index < -0.39 is 9.84 Å². The Kier molecular flexibility index (Phi) is 4.94. The number of piperidine rings is 1. The molecule has 3 atom stereocenters. The first-order valence-electron chi connectivity index (χ1n) is 5.99. The molecule has 6 heteroatoms. The van der Waals surface area contributed by atoms with Gasteiger partial charge in [0.1, 0.15) is 9.84 Å². The first-order chi connectivity index (χ1) is 7.78. The van der Waals surface area contributed by atoms with E-state index in [1.807, 2.05) is 0 Å². The largest absolute Gasteiger partial charge is 0.351 e. The van der Waals surface area contributed by atoms with Crippen molar-refractivity contribution in [1.29, 1.82) is 0 Å². The van der Waals surface area contributed by atoms with E-state index in [0.29, 0.717) is 5.92 Å². The van der Waals surface area contributed by atoms with Crippen LogP contribution in [0.4, 0.5) is 0 Å². The van der Waals surface area contributed by atoms with Gasteiger partial charge in [-0.3, -0.25) is 4.79 Å². The number of carbonyl (C=O) groups is 1. The van der Waals surface area contributed by atoms with Gasteiger partial charge in [-0.25, -0.2) is 8.42 Å². The summed E-state index contributed by atoms with van der Waals surface area (Å²) in [6, 6.07) is -0.516. The lowest BCUT2D eigenvalue weighted by Gasteiger charge is -2.28. The molecule has 0 spiro atoms. The van der Waals surface area contributed by atoms with Crippen LogP contribution in [-0.2, 0) is 14.6 Å². The van der Waals surface area contributed by atoms with E-state index in [1.165, 1.54) is 6.26 Å². The molecule has 1 aliphatic heterocycles. The van der Waals surface area contributed by atoms with Gasteiger partial charge >= 0.3 is 0 Å². The summed E-state index contributed by atoms with van der Waals surface area (Å²) in [5.74, 6) is 0.436. The summed E-state index contributed by atoms with van der Waals surface area (Å²) in [6.07, 6.45) is 3.08. The Morgan fingerprint density at radius 3 is 2.71 bits per heavy atom. The van der Waals surface area contributed by atoms with Gasteiger partial charge in [0.25, 0.3) is 0 Å². The number of sulfone groups is 1. The molecule has 1 rings (SSSR count). The SMILES string of the molecule is CC1CCNC(C(=O)NC(C)CS(C)(=O)=O)C1. The van der Waals surface area contributed by atoms with Crippen molar-refractivity contribution >= 4 is 15.7 Å². The van der Waals surface area contributed by atoms with Crippen molar-refractivity contribution in [2.24, 2.45) is 5.92 Å². The number of rotatable bonds is 4. The number of nitrogens with one attached hydrogen (secondary N) is 2. The minimum Gasteiger partial charge on any atom is -0.351 e. The van der Waals surface area contributed by atoms with Crippen molar-refractivity contribution < 1.29 is 13.2 Å². The Balaban J connectivity index is 2.43. The number of hydrogen-bond donors (Lipinski definition) is 2. The van der Waals surface area contributed by atoms with E-state index >= 15 is 0 Å². The van der Waals surface area contributed by atoms with E-state index in [4.69, 9.17) is 0 Å². The Bertz CT molecular complexity index is 367. The van der Waals surface area contributed by atoms with Crippen LogP contribution in [0.1, 0.15) is 26.7 Å². The van der Waals surface area contributed by atoms with Crippen molar-refractivity contribution in [3.8, 4) is 0 Å². The molecule has 5 nitrogen and oxygen atoms in total. The van der Waals surface area contributed by atoms with Crippen LogP contribution in [0, 0.1) is 5.92 Å². The van der Waals surface area contributed by atoms with Gasteiger partial charge in [-0.2, -0.15) is 0 Å². The highest BCUT2D eigenvalue weighted by Crippen LogP contribution is 2.15. The highest BCUT2D eigenvalue weighted by molar-refractivity contribution is 7.90. The fourth-order valence-electron chi connectivity index (χ4n) is 2.15. The van der Waals surface area contributed by atoms with Crippen molar-refractivity contribution in [3.63, 3.8) is 0 Å². The molecular formula is C11H22N2O3S. The van der Waals surface area contributed by atoms with Crippen molar-refractivity contribution in [2.75, 3.05) is 18.6 Å². The van der Waals surface area contributed by atoms with Gasteiger partial charge in [0.15, 0.2) is 0 Å². The van der Waals surface area contributed by atoms with E-state index in [1.54, 1.807) is 6.92 Å². The maximum Gasteiger partial charge on any atom is 0.237 e. The van der Waals surface area contributed by atoms with E-state index in [2.05, 4.69) is 17.6 Å². The first-order valence-corrected chi connectivity index (χ1v) is 8.05. The molecule has 1 aliphatic rings. The van der Waals surface area contributed by atoms with Crippen molar-refractivity contribution in [2.45, 2.75) is 38.8 Å². The minimum atomic E-state index is -3.05. The molecule has 0 aliphatic carbocycles.